The summed E-state index contributed by atoms with van der Waals surface area (Å²) in [4.78, 5) is 7.47. The first-order chi connectivity index (χ1) is 13.7. The highest BCUT2D eigenvalue weighted by Gasteiger charge is 2.46. The van der Waals surface area contributed by atoms with Gasteiger partial charge in [-0.25, -0.2) is 0 Å². The van der Waals surface area contributed by atoms with Crippen molar-refractivity contribution < 1.29 is 4.52 Å². The number of benzene rings is 1. The fourth-order valence-corrected chi connectivity index (χ4v) is 5.04. The zero-order valence-electron chi connectivity index (χ0n) is 16.6. The van der Waals surface area contributed by atoms with Crippen molar-refractivity contribution >= 4 is 0 Å². The molecule has 0 amide bonds. The molecule has 0 unspecified atom stereocenters. The highest BCUT2D eigenvalue weighted by Crippen LogP contribution is 2.48. The summed E-state index contributed by atoms with van der Waals surface area (Å²) in [6.45, 7) is 3.32. The van der Waals surface area contributed by atoms with Gasteiger partial charge in [-0.1, -0.05) is 48.8 Å². The first-order valence-electron chi connectivity index (χ1n) is 10.4. The maximum atomic E-state index is 5.68. The van der Waals surface area contributed by atoms with Crippen molar-refractivity contribution in [3.05, 3.63) is 53.5 Å². The van der Waals surface area contributed by atoms with Crippen LogP contribution in [-0.4, -0.2) is 37.4 Å². The average molecular weight is 377 g/mol. The molecule has 2 saturated heterocycles. The Labute approximate surface area is 165 Å². The molecule has 2 fully saturated rings. The lowest BCUT2D eigenvalue weighted by Gasteiger charge is -2.24. The van der Waals surface area contributed by atoms with Crippen LogP contribution in [0.2, 0.25) is 0 Å². The van der Waals surface area contributed by atoms with Gasteiger partial charge < -0.3 is 4.52 Å². The van der Waals surface area contributed by atoms with Crippen LogP contribution in [0, 0.1) is 0 Å². The van der Waals surface area contributed by atoms with Crippen molar-refractivity contribution in [2.24, 2.45) is 7.05 Å². The fourth-order valence-electron chi connectivity index (χ4n) is 5.04. The Balaban J connectivity index is 1.43. The van der Waals surface area contributed by atoms with Crippen molar-refractivity contribution in [2.75, 3.05) is 6.54 Å². The molecule has 5 rings (SSSR count). The summed E-state index contributed by atoms with van der Waals surface area (Å²) in [7, 11) is 1.94. The lowest BCUT2D eigenvalue weighted by molar-refractivity contribution is 0.243. The highest BCUT2D eigenvalue weighted by molar-refractivity contribution is 5.48. The van der Waals surface area contributed by atoms with Crippen molar-refractivity contribution in [3.8, 4) is 11.6 Å². The monoisotopic (exact) mass is 377 g/mol. The summed E-state index contributed by atoms with van der Waals surface area (Å²) in [6, 6.07) is 13.9. The van der Waals surface area contributed by atoms with Gasteiger partial charge in [0.1, 0.15) is 5.69 Å². The first kappa shape index (κ1) is 17.6. The van der Waals surface area contributed by atoms with Crippen molar-refractivity contribution in [2.45, 2.75) is 57.0 Å². The Morgan fingerprint density at radius 2 is 2.07 bits per heavy atom. The van der Waals surface area contributed by atoms with Gasteiger partial charge in [0.2, 0.25) is 0 Å². The minimum Gasteiger partial charge on any atom is -0.332 e. The number of aromatic nitrogens is 4. The van der Waals surface area contributed by atoms with Gasteiger partial charge in [0, 0.05) is 25.0 Å². The summed E-state index contributed by atoms with van der Waals surface area (Å²) >= 11 is 0. The molecule has 2 aliphatic heterocycles. The van der Waals surface area contributed by atoms with Crippen LogP contribution in [0.3, 0.4) is 0 Å². The Bertz CT molecular complexity index is 947. The molecule has 0 bridgehead atoms. The quantitative estimate of drug-likeness (QED) is 0.669. The van der Waals surface area contributed by atoms with Crippen molar-refractivity contribution in [3.63, 3.8) is 0 Å². The average Bonchev–Trinajstić information content (AvgIpc) is 3.46. The largest absolute Gasteiger partial charge is 0.332 e. The predicted octanol–water partition coefficient (Wildman–Crippen LogP) is 4.12. The normalized spacial score (nSPS) is 24.7. The Kier molecular flexibility index (Phi) is 4.51. The van der Waals surface area contributed by atoms with Crippen LogP contribution in [-0.2, 0) is 13.5 Å². The molecule has 28 heavy (non-hydrogen) atoms. The molecule has 4 heterocycles. The zero-order chi connectivity index (χ0) is 19.1. The molecule has 3 atom stereocenters. The number of hydrogen-bond acceptors (Lipinski definition) is 5. The molecular weight excluding hydrogens is 350 g/mol. The summed E-state index contributed by atoms with van der Waals surface area (Å²) in [6.07, 6.45) is 5.56. The fraction of sp³-hybridized carbons (Fsp3) is 0.500. The van der Waals surface area contributed by atoms with E-state index in [-0.39, 0.29) is 0 Å². The van der Waals surface area contributed by atoms with Crippen molar-refractivity contribution in [1.82, 2.24) is 24.8 Å². The number of fused-ring (bicyclic) bond motifs is 1. The molecule has 0 radical (unpaired) electrons. The van der Waals surface area contributed by atoms with Gasteiger partial charge in [-0.2, -0.15) is 10.1 Å². The van der Waals surface area contributed by atoms with E-state index < -0.39 is 0 Å². The van der Waals surface area contributed by atoms with E-state index in [4.69, 9.17) is 9.51 Å². The SMILES string of the molecule is CCCc1cc(-c2nc([C@@H]3C[C@H](c4ccccc4)N4CCC[C@@H]34)no2)n(C)n1. The van der Waals surface area contributed by atoms with Gasteiger partial charge in [0.15, 0.2) is 5.82 Å². The predicted molar refractivity (Wildman–Crippen MR) is 107 cm³/mol. The Hall–Kier alpha value is -2.47. The first-order valence-corrected chi connectivity index (χ1v) is 10.4. The number of nitrogens with zero attached hydrogens (tertiary/aromatic N) is 5. The second-order valence-corrected chi connectivity index (χ2v) is 8.07. The van der Waals surface area contributed by atoms with Crippen LogP contribution < -0.4 is 0 Å². The van der Waals surface area contributed by atoms with Gasteiger partial charge in [0.25, 0.3) is 5.89 Å². The Morgan fingerprint density at radius 1 is 1.21 bits per heavy atom. The standard InChI is InChI=1S/C22H27N5O/c1-3-8-16-13-20(26(2)24-16)22-23-21(25-28-22)17-14-19(15-9-5-4-6-10-15)27-12-7-11-18(17)27/h4-6,9-10,13,17-19H,3,7-8,11-12,14H2,1-2H3/t17-,18+,19-/m1/s1. The highest BCUT2D eigenvalue weighted by atomic mass is 16.5. The van der Waals surface area contributed by atoms with Gasteiger partial charge in [-0.15, -0.1) is 0 Å². The van der Waals surface area contributed by atoms with Crippen LogP contribution in [0.5, 0.6) is 0 Å². The molecule has 0 spiro atoms. The van der Waals surface area contributed by atoms with Crippen molar-refractivity contribution in [1.29, 1.82) is 0 Å². The molecule has 0 N–H and O–H groups in total. The summed E-state index contributed by atoms with van der Waals surface area (Å²) < 4.78 is 7.54. The van der Waals surface area contributed by atoms with Crippen LogP contribution in [0.25, 0.3) is 11.6 Å². The van der Waals surface area contributed by atoms with E-state index in [0.717, 1.165) is 43.0 Å². The second-order valence-electron chi connectivity index (χ2n) is 8.07. The van der Waals surface area contributed by atoms with E-state index in [1.54, 1.807) is 0 Å². The smallest absolute Gasteiger partial charge is 0.276 e. The van der Waals surface area contributed by atoms with E-state index in [1.807, 2.05) is 11.7 Å². The minimum absolute atomic E-state index is 0.327. The van der Waals surface area contributed by atoms with E-state index in [9.17, 15) is 0 Å². The maximum Gasteiger partial charge on any atom is 0.276 e. The summed E-state index contributed by atoms with van der Waals surface area (Å²) in [5, 5.41) is 8.97. The minimum atomic E-state index is 0.327. The third kappa shape index (κ3) is 2.96. The maximum absolute atomic E-state index is 5.68. The summed E-state index contributed by atoms with van der Waals surface area (Å²) in [5.41, 5.74) is 3.38. The molecule has 6 nitrogen and oxygen atoms in total. The number of aryl methyl sites for hydroxylation is 2. The van der Waals surface area contributed by atoms with E-state index >= 15 is 0 Å². The molecular formula is C22H27N5O. The van der Waals surface area contributed by atoms with Crippen LogP contribution in [0.4, 0.5) is 0 Å². The van der Waals surface area contributed by atoms with Gasteiger partial charge >= 0.3 is 0 Å². The van der Waals surface area contributed by atoms with E-state index in [1.165, 1.54) is 18.4 Å². The van der Waals surface area contributed by atoms with Crippen LogP contribution in [0.1, 0.15) is 61.6 Å². The molecule has 6 heteroatoms. The lowest BCUT2D eigenvalue weighted by atomic mass is 9.94. The topological polar surface area (TPSA) is 60.0 Å². The van der Waals surface area contributed by atoms with E-state index in [2.05, 4.69) is 58.5 Å². The third-order valence-electron chi connectivity index (χ3n) is 6.30. The molecule has 146 valence electrons. The molecule has 0 saturated carbocycles. The Morgan fingerprint density at radius 3 is 2.89 bits per heavy atom. The number of rotatable bonds is 5. The zero-order valence-corrected chi connectivity index (χ0v) is 16.6. The van der Waals surface area contributed by atoms with Crippen LogP contribution >= 0.6 is 0 Å². The second kappa shape index (κ2) is 7.17. The lowest BCUT2D eigenvalue weighted by Crippen LogP contribution is -2.27. The molecule has 2 aromatic heterocycles. The van der Waals surface area contributed by atoms with Crippen LogP contribution in [0.15, 0.2) is 40.9 Å². The molecule has 0 aliphatic carbocycles. The van der Waals surface area contributed by atoms with Gasteiger partial charge in [-0.05, 0) is 43.9 Å². The van der Waals surface area contributed by atoms with Gasteiger partial charge in [0.05, 0.1) is 5.69 Å². The summed E-state index contributed by atoms with van der Waals surface area (Å²) in [5.74, 6) is 1.76. The third-order valence-corrected chi connectivity index (χ3v) is 6.30. The molecule has 2 aliphatic rings. The van der Waals surface area contributed by atoms with Gasteiger partial charge in [-0.3, -0.25) is 9.58 Å². The molecule has 1 aromatic carbocycles. The molecule has 3 aromatic rings. The number of hydrogen-bond donors (Lipinski definition) is 0. The van der Waals surface area contributed by atoms with E-state index in [0.29, 0.717) is 23.9 Å².